The molecule has 1 rings (SSSR count). The van der Waals surface area contributed by atoms with E-state index in [0.29, 0.717) is 0 Å². The van der Waals surface area contributed by atoms with Crippen LogP contribution in [0.15, 0.2) is 11.6 Å². The number of rotatable bonds is 0. The third-order valence-electron chi connectivity index (χ3n) is 0.379. The van der Waals surface area contributed by atoms with Crippen LogP contribution >= 0.6 is 11.8 Å². The van der Waals surface area contributed by atoms with E-state index in [2.05, 4.69) is 5.32 Å². The van der Waals surface area contributed by atoms with Gasteiger partial charge in [-0.25, -0.2) is 0 Å². The summed E-state index contributed by atoms with van der Waals surface area (Å²) in [5.41, 5.74) is 0. The summed E-state index contributed by atoms with van der Waals surface area (Å²) in [6.45, 7) is 0. The third-order valence-corrected chi connectivity index (χ3v) is 0.944. The monoisotopic (exact) mass is 93.0 g/mol. The molecule has 0 atom stereocenters. The molecule has 0 spiro atoms. The maximum absolute atomic E-state index is 2.88. The smallest absolute Gasteiger partial charge is 0.531 e. The van der Waals surface area contributed by atoms with Gasteiger partial charge in [0.25, 0.3) is 0 Å². The van der Waals surface area contributed by atoms with Crippen LogP contribution in [0.2, 0.25) is 0 Å². The molecule has 0 unspecified atom stereocenters. The van der Waals surface area contributed by atoms with Crippen molar-refractivity contribution in [2.24, 2.45) is 0 Å². The maximum Gasteiger partial charge on any atom is 1.00 e. The van der Waals surface area contributed by atoms with Crippen LogP contribution < -0.4 is 24.2 Å². The van der Waals surface area contributed by atoms with Crippen molar-refractivity contribution in [2.45, 2.75) is 0 Å². The Kier molecular flexibility index (Phi) is 3.97. The first-order valence-corrected chi connectivity index (χ1v) is 2.32. The molecule has 0 saturated heterocycles. The van der Waals surface area contributed by atoms with Crippen LogP contribution in [0.4, 0.5) is 0 Å². The van der Waals surface area contributed by atoms with E-state index in [1.54, 1.807) is 11.8 Å². The fraction of sp³-hybridized carbons (Fsp3) is 0. The summed E-state index contributed by atoms with van der Waals surface area (Å²) in [6.07, 6.45) is 1.89. The van der Waals surface area contributed by atoms with Gasteiger partial charge in [0.2, 0.25) is 0 Å². The minimum atomic E-state index is 0. The Morgan fingerprint density at radius 2 is 2.50 bits per heavy atom. The van der Waals surface area contributed by atoms with Crippen molar-refractivity contribution in [1.29, 1.82) is 0 Å². The van der Waals surface area contributed by atoms with Crippen molar-refractivity contribution < 1.29 is 18.9 Å². The van der Waals surface area contributed by atoms with Gasteiger partial charge in [0.05, 0.1) is 0 Å². The van der Waals surface area contributed by atoms with Crippen LogP contribution in [0.3, 0.4) is 0 Å². The van der Waals surface area contributed by atoms with E-state index in [4.69, 9.17) is 0 Å². The first-order chi connectivity index (χ1) is 2.50. The SMILES string of the molecule is C1=CS[CH-]N1.[Li+]. The molecule has 0 aromatic carbocycles. The molecule has 0 amide bonds. The third kappa shape index (κ3) is 1.81. The van der Waals surface area contributed by atoms with Gasteiger partial charge in [-0.05, 0) is 11.6 Å². The van der Waals surface area contributed by atoms with Crippen molar-refractivity contribution in [3.63, 3.8) is 0 Å². The Balaban J connectivity index is 0.000000250. The summed E-state index contributed by atoms with van der Waals surface area (Å²) in [7, 11) is 0. The summed E-state index contributed by atoms with van der Waals surface area (Å²) in [6, 6.07) is 0. The Hall–Kier alpha value is 0.487. The maximum atomic E-state index is 2.88. The molecule has 0 aliphatic carbocycles. The van der Waals surface area contributed by atoms with Crippen LogP contribution in [0, 0.1) is 5.88 Å². The van der Waals surface area contributed by atoms with Crippen molar-refractivity contribution in [2.75, 3.05) is 0 Å². The Bertz CT molecular complexity index is 48.8. The van der Waals surface area contributed by atoms with Gasteiger partial charge < -0.3 is 17.1 Å². The standard InChI is InChI=1S/C3H4NS.Li/c1-2-5-3-4-1;/h1-4H;/q-1;+1. The molecule has 6 heavy (non-hydrogen) atoms. The minimum Gasteiger partial charge on any atom is -0.531 e. The number of hydrogen-bond acceptors (Lipinski definition) is 2. The second-order valence-corrected chi connectivity index (χ2v) is 1.50. The summed E-state index contributed by atoms with van der Waals surface area (Å²) in [5, 5.41) is 4.87. The van der Waals surface area contributed by atoms with Gasteiger partial charge >= 0.3 is 18.9 Å². The van der Waals surface area contributed by atoms with Gasteiger partial charge in [0.1, 0.15) is 0 Å². The first-order valence-electron chi connectivity index (χ1n) is 1.38. The molecule has 0 saturated carbocycles. The second kappa shape index (κ2) is 3.67. The summed E-state index contributed by atoms with van der Waals surface area (Å²) < 4.78 is 0. The zero-order chi connectivity index (χ0) is 3.54. The molecule has 1 aliphatic heterocycles. The van der Waals surface area contributed by atoms with E-state index in [1.807, 2.05) is 17.5 Å². The predicted molar refractivity (Wildman–Crippen MR) is 24.2 cm³/mol. The summed E-state index contributed by atoms with van der Waals surface area (Å²) in [4.78, 5) is 0. The number of nitrogens with one attached hydrogen (secondary N) is 1. The average Bonchev–Trinajstić information content (AvgIpc) is 1.76. The molecule has 0 bridgehead atoms. The van der Waals surface area contributed by atoms with Crippen LogP contribution in [0.1, 0.15) is 0 Å². The molecule has 0 fully saturated rings. The van der Waals surface area contributed by atoms with Crippen LogP contribution in [-0.4, -0.2) is 0 Å². The Morgan fingerprint density at radius 1 is 1.67 bits per heavy atom. The molecule has 28 valence electrons. The molecule has 0 radical (unpaired) electrons. The van der Waals surface area contributed by atoms with Crippen molar-refractivity contribution in [1.82, 2.24) is 5.32 Å². The van der Waals surface area contributed by atoms with E-state index in [9.17, 15) is 0 Å². The van der Waals surface area contributed by atoms with Gasteiger partial charge in [-0.1, -0.05) is 0 Å². The van der Waals surface area contributed by atoms with Crippen molar-refractivity contribution in [3.8, 4) is 0 Å². The number of thioether (sulfide) groups is 1. The van der Waals surface area contributed by atoms with Gasteiger partial charge in [0, 0.05) is 0 Å². The van der Waals surface area contributed by atoms with E-state index in [0.717, 1.165) is 0 Å². The van der Waals surface area contributed by atoms with Crippen LogP contribution in [-0.2, 0) is 0 Å². The topological polar surface area (TPSA) is 12.0 Å². The summed E-state index contributed by atoms with van der Waals surface area (Å²) >= 11 is 1.66. The zero-order valence-corrected chi connectivity index (χ0v) is 4.46. The quantitative estimate of drug-likeness (QED) is 0.272. The summed E-state index contributed by atoms with van der Waals surface area (Å²) in [5.74, 6) is 1.92. The molecule has 0 aromatic heterocycles. The first kappa shape index (κ1) is 6.49. The normalized spacial score (nSPS) is 16.0. The van der Waals surface area contributed by atoms with Gasteiger partial charge in [-0.2, -0.15) is 5.88 Å². The number of hydrogen-bond donors (Lipinski definition) is 1. The van der Waals surface area contributed by atoms with Gasteiger partial charge in [-0.15, -0.1) is 0 Å². The fourth-order valence-corrected chi connectivity index (χ4v) is 0.589. The largest absolute Gasteiger partial charge is 1.00 e. The molecule has 1 nitrogen and oxygen atoms in total. The molecule has 1 aliphatic rings. The molecular weight excluding hydrogens is 89.0 g/mol. The van der Waals surface area contributed by atoms with Crippen LogP contribution in [0.5, 0.6) is 0 Å². The Labute approximate surface area is 53.7 Å². The minimum absolute atomic E-state index is 0. The van der Waals surface area contributed by atoms with Gasteiger partial charge in [-0.3, -0.25) is 0 Å². The fourth-order valence-electron chi connectivity index (χ4n) is 0.196. The van der Waals surface area contributed by atoms with Crippen LogP contribution in [0.25, 0.3) is 0 Å². The van der Waals surface area contributed by atoms with Crippen molar-refractivity contribution >= 4 is 11.8 Å². The van der Waals surface area contributed by atoms with E-state index >= 15 is 0 Å². The predicted octanol–water partition coefficient (Wildman–Crippen LogP) is -2.08. The molecule has 3 heteroatoms. The molecule has 0 aromatic rings. The van der Waals surface area contributed by atoms with E-state index in [1.165, 1.54) is 0 Å². The molecule has 1 N–H and O–H groups in total. The molecule has 1 heterocycles. The zero-order valence-electron chi connectivity index (χ0n) is 3.64. The Morgan fingerprint density at radius 3 is 2.67 bits per heavy atom. The second-order valence-electron chi connectivity index (χ2n) is 0.723. The van der Waals surface area contributed by atoms with Gasteiger partial charge in [0.15, 0.2) is 0 Å². The van der Waals surface area contributed by atoms with E-state index in [-0.39, 0.29) is 18.9 Å². The van der Waals surface area contributed by atoms with E-state index < -0.39 is 0 Å². The average molecular weight is 93.1 g/mol. The van der Waals surface area contributed by atoms with Crippen molar-refractivity contribution in [3.05, 3.63) is 17.5 Å². The molecular formula is C3H4LiNS.